The normalized spacial score (nSPS) is 11.2. The molecular weight excluding hydrogens is 304 g/mol. The molecule has 0 unspecified atom stereocenters. The largest absolute Gasteiger partial charge is 0.419 e. The first kappa shape index (κ1) is 12.6. The SMILES string of the molecule is c1csc(-c2nnc(CSc3nc4ccccc4[nH]3)o2)c1. The Balaban J connectivity index is 1.49. The highest BCUT2D eigenvalue weighted by Gasteiger charge is 2.10. The van der Waals surface area contributed by atoms with Crippen molar-refractivity contribution < 1.29 is 4.42 Å². The van der Waals surface area contributed by atoms with Crippen LogP contribution < -0.4 is 0 Å². The number of benzene rings is 1. The van der Waals surface area contributed by atoms with Gasteiger partial charge in [-0.2, -0.15) is 0 Å². The molecule has 0 spiro atoms. The standard InChI is InChI=1S/C14H10N4OS2/c1-2-5-10-9(4-1)15-14(16-10)21-8-12-17-18-13(19-12)11-6-3-7-20-11/h1-7H,8H2,(H,15,16). The second-order valence-corrected chi connectivity index (χ2v) is 6.24. The number of fused-ring (bicyclic) bond motifs is 1. The molecule has 1 N–H and O–H groups in total. The van der Waals surface area contributed by atoms with E-state index in [0.717, 1.165) is 21.1 Å². The minimum atomic E-state index is 0.574. The maximum Gasteiger partial charge on any atom is 0.257 e. The van der Waals surface area contributed by atoms with Crippen molar-refractivity contribution >= 4 is 34.1 Å². The van der Waals surface area contributed by atoms with E-state index in [9.17, 15) is 0 Å². The second kappa shape index (κ2) is 5.34. The van der Waals surface area contributed by atoms with Crippen LogP contribution in [0.1, 0.15) is 5.89 Å². The summed E-state index contributed by atoms with van der Waals surface area (Å²) in [6.45, 7) is 0. The number of thioether (sulfide) groups is 1. The summed E-state index contributed by atoms with van der Waals surface area (Å²) >= 11 is 3.14. The zero-order valence-electron chi connectivity index (χ0n) is 10.8. The first-order valence-corrected chi connectivity index (χ1v) is 8.19. The van der Waals surface area contributed by atoms with E-state index in [1.165, 1.54) is 0 Å². The van der Waals surface area contributed by atoms with Gasteiger partial charge in [-0.25, -0.2) is 4.98 Å². The minimum Gasteiger partial charge on any atom is -0.419 e. The topological polar surface area (TPSA) is 67.6 Å². The zero-order chi connectivity index (χ0) is 14.1. The lowest BCUT2D eigenvalue weighted by Gasteiger charge is -1.91. The summed E-state index contributed by atoms with van der Waals surface area (Å²) in [6.07, 6.45) is 0. The van der Waals surface area contributed by atoms with Gasteiger partial charge in [-0.05, 0) is 23.6 Å². The van der Waals surface area contributed by atoms with Crippen molar-refractivity contribution in [1.29, 1.82) is 0 Å². The first-order valence-electron chi connectivity index (χ1n) is 6.32. The van der Waals surface area contributed by atoms with Crippen molar-refractivity contribution in [3.8, 4) is 10.8 Å². The van der Waals surface area contributed by atoms with Gasteiger partial charge in [0.25, 0.3) is 5.89 Å². The molecule has 0 radical (unpaired) electrons. The Kier molecular flexibility index (Phi) is 3.21. The number of nitrogens with one attached hydrogen (secondary N) is 1. The van der Waals surface area contributed by atoms with E-state index in [1.54, 1.807) is 23.1 Å². The summed E-state index contributed by atoms with van der Waals surface area (Å²) in [5.74, 6) is 1.77. The predicted molar refractivity (Wildman–Crippen MR) is 83.3 cm³/mol. The summed E-state index contributed by atoms with van der Waals surface area (Å²) in [5.41, 5.74) is 2.00. The molecule has 4 aromatic rings. The smallest absolute Gasteiger partial charge is 0.257 e. The van der Waals surface area contributed by atoms with Crippen molar-refractivity contribution in [2.75, 3.05) is 0 Å². The van der Waals surface area contributed by atoms with E-state index in [1.807, 2.05) is 41.8 Å². The number of para-hydroxylation sites is 2. The van der Waals surface area contributed by atoms with Crippen LogP contribution in [0.2, 0.25) is 0 Å². The number of rotatable bonds is 4. The molecule has 3 aromatic heterocycles. The van der Waals surface area contributed by atoms with Gasteiger partial charge in [0.1, 0.15) is 0 Å². The Morgan fingerprint density at radius 1 is 1.14 bits per heavy atom. The van der Waals surface area contributed by atoms with Crippen LogP contribution in [0.15, 0.2) is 51.4 Å². The highest BCUT2D eigenvalue weighted by atomic mass is 32.2. The molecule has 0 aliphatic heterocycles. The molecule has 0 amide bonds. The molecule has 4 rings (SSSR count). The van der Waals surface area contributed by atoms with Gasteiger partial charge in [-0.1, -0.05) is 30.0 Å². The summed E-state index contributed by atoms with van der Waals surface area (Å²) in [5, 5.41) is 11.0. The monoisotopic (exact) mass is 314 g/mol. The number of hydrogen-bond acceptors (Lipinski definition) is 6. The fourth-order valence-corrected chi connectivity index (χ4v) is 3.31. The molecule has 5 nitrogen and oxygen atoms in total. The van der Waals surface area contributed by atoms with Gasteiger partial charge in [-0.15, -0.1) is 21.5 Å². The average molecular weight is 314 g/mol. The van der Waals surface area contributed by atoms with Gasteiger partial charge in [-0.3, -0.25) is 0 Å². The molecule has 0 atom stereocenters. The molecule has 21 heavy (non-hydrogen) atoms. The number of thiophene rings is 1. The van der Waals surface area contributed by atoms with Crippen LogP contribution in [-0.4, -0.2) is 20.2 Å². The Labute approximate surface area is 128 Å². The first-order chi connectivity index (χ1) is 10.4. The van der Waals surface area contributed by atoms with E-state index >= 15 is 0 Å². The van der Waals surface area contributed by atoms with E-state index < -0.39 is 0 Å². The number of imidazole rings is 1. The molecule has 0 saturated heterocycles. The fraction of sp³-hybridized carbons (Fsp3) is 0.0714. The van der Waals surface area contributed by atoms with Gasteiger partial charge in [0.2, 0.25) is 5.89 Å². The molecule has 0 aliphatic carbocycles. The van der Waals surface area contributed by atoms with Crippen molar-refractivity contribution in [1.82, 2.24) is 20.2 Å². The van der Waals surface area contributed by atoms with E-state index in [4.69, 9.17) is 4.42 Å². The van der Waals surface area contributed by atoms with Crippen LogP contribution in [0.4, 0.5) is 0 Å². The molecule has 3 heterocycles. The molecule has 0 saturated carbocycles. The summed E-state index contributed by atoms with van der Waals surface area (Å²) < 4.78 is 5.65. The van der Waals surface area contributed by atoms with Crippen molar-refractivity contribution in [3.05, 3.63) is 47.7 Å². The highest BCUT2D eigenvalue weighted by Crippen LogP contribution is 2.26. The van der Waals surface area contributed by atoms with Gasteiger partial charge in [0.05, 0.1) is 21.7 Å². The minimum absolute atomic E-state index is 0.574. The van der Waals surface area contributed by atoms with Crippen LogP contribution in [-0.2, 0) is 5.75 Å². The average Bonchev–Trinajstić information content (AvgIpc) is 3.23. The lowest BCUT2D eigenvalue weighted by molar-refractivity contribution is 0.529. The molecule has 7 heteroatoms. The Bertz CT molecular complexity index is 833. The van der Waals surface area contributed by atoms with Crippen molar-refractivity contribution in [2.24, 2.45) is 0 Å². The molecule has 0 fully saturated rings. The van der Waals surface area contributed by atoms with Crippen LogP contribution in [0.25, 0.3) is 21.8 Å². The number of aromatic nitrogens is 4. The maximum atomic E-state index is 5.65. The maximum absolute atomic E-state index is 5.65. The quantitative estimate of drug-likeness (QED) is 0.577. The van der Waals surface area contributed by atoms with Crippen molar-refractivity contribution in [3.63, 3.8) is 0 Å². The van der Waals surface area contributed by atoms with Gasteiger partial charge < -0.3 is 9.40 Å². The molecule has 0 bridgehead atoms. The number of aromatic amines is 1. The van der Waals surface area contributed by atoms with Crippen LogP contribution >= 0.6 is 23.1 Å². The van der Waals surface area contributed by atoms with E-state index in [2.05, 4.69) is 20.2 Å². The Morgan fingerprint density at radius 3 is 2.95 bits per heavy atom. The molecule has 1 aromatic carbocycles. The third-order valence-corrected chi connectivity index (χ3v) is 4.61. The molecule has 104 valence electrons. The third-order valence-electron chi connectivity index (χ3n) is 2.90. The summed E-state index contributed by atoms with van der Waals surface area (Å²) in [7, 11) is 0. The van der Waals surface area contributed by atoms with Crippen molar-refractivity contribution in [2.45, 2.75) is 10.9 Å². The van der Waals surface area contributed by atoms with Crippen LogP contribution in [0.3, 0.4) is 0 Å². The predicted octanol–water partition coefficient (Wildman–Crippen LogP) is 3.97. The highest BCUT2D eigenvalue weighted by molar-refractivity contribution is 7.98. The van der Waals surface area contributed by atoms with E-state index in [0.29, 0.717) is 17.5 Å². The van der Waals surface area contributed by atoms with E-state index in [-0.39, 0.29) is 0 Å². The third kappa shape index (κ3) is 2.57. The summed E-state index contributed by atoms with van der Waals surface area (Å²) in [4.78, 5) is 8.76. The Morgan fingerprint density at radius 2 is 2.10 bits per heavy atom. The lowest BCUT2D eigenvalue weighted by atomic mass is 10.3. The number of H-pyrrole nitrogens is 1. The lowest BCUT2D eigenvalue weighted by Crippen LogP contribution is -1.81. The summed E-state index contributed by atoms with van der Waals surface area (Å²) in [6, 6.07) is 11.9. The second-order valence-electron chi connectivity index (χ2n) is 4.33. The molecule has 0 aliphatic rings. The van der Waals surface area contributed by atoms with Gasteiger partial charge >= 0.3 is 0 Å². The number of nitrogens with zero attached hydrogens (tertiary/aromatic N) is 3. The fourth-order valence-electron chi connectivity index (χ4n) is 1.94. The molecular formula is C14H10N4OS2. The van der Waals surface area contributed by atoms with Gasteiger partial charge in [0.15, 0.2) is 5.16 Å². The van der Waals surface area contributed by atoms with Gasteiger partial charge in [0, 0.05) is 0 Å². The Hall–Kier alpha value is -2.12. The van der Waals surface area contributed by atoms with Crippen LogP contribution in [0, 0.1) is 0 Å². The zero-order valence-corrected chi connectivity index (χ0v) is 12.4. The van der Waals surface area contributed by atoms with Crippen LogP contribution in [0.5, 0.6) is 0 Å². The number of hydrogen-bond donors (Lipinski definition) is 1.